The minimum absolute atomic E-state index is 0.0894. The van der Waals surface area contributed by atoms with E-state index >= 15 is 0 Å². The van der Waals surface area contributed by atoms with Crippen molar-refractivity contribution in [2.75, 3.05) is 6.61 Å². The smallest absolute Gasteiger partial charge is 0.416 e. The van der Waals surface area contributed by atoms with Crippen LogP contribution in [-0.2, 0) is 22.1 Å². The molecule has 0 heterocycles. The summed E-state index contributed by atoms with van der Waals surface area (Å²) in [4.78, 5) is 11.3. The van der Waals surface area contributed by atoms with E-state index in [-0.39, 0.29) is 31.3 Å². The van der Waals surface area contributed by atoms with E-state index in [1.54, 1.807) is 38.1 Å². The van der Waals surface area contributed by atoms with Crippen LogP contribution in [0, 0.1) is 0 Å². The summed E-state index contributed by atoms with van der Waals surface area (Å²) < 4.78 is 53.7. The van der Waals surface area contributed by atoms with Gasteiger partial charge in [0.25, 0.3) is 0 Å². The van der Waals surface area contributed by atoms with Crippen molar-refractivity contribution in [2.45, 2.75) is 51.4 Å². The van der Waals surface area contributed by atoms with Crippen LogP contribution < -0.4 is 9.47 Å². The largest absolute Gasteiger partial charge is 0.493 e. The summed E-state index contributed by atoms with van der Waals surface area (Å²) in [7, 11) is 0. The third-order valence-electron chi connectivity index (χ3n) is 4.14. The van der Waals surface area contributed by atoms with Crippen molar-refractivity contribution in [1.82, 2.24) is 0 Å². The Bertz CT molecular complexity index is 819. The minimum atomic E-state index is -4.43. The van der Waals surface area contributed by atoms with Gasteiger partial charge < -0.3 is 24.4 Å². The van der Waals surface area contributed by atoms with Crippen LogP contribution in [0.4, 0.5) is 13.2 Å². The molecule has 2 rings (SSSR count). The van der Waals surface area contributed by atoms with Gasteiger partial charge in [-0.3, -0.25) is 0 Å². The summed E-state index contributed by atoms with van der Waals surface area (Å²) in [5.41, 5.74) is -0.0300. The molecule has 170 valence electrons. The van der Waals surface area contributed by atoms with Crippen molar-refractivity contribution < 1.29 is 42.4 Å². The summed E-state index contributed by atoms with van der Waals surface area (Å²) in [5, 5.41) is 19.1. The molecule has 0 fully saturated rings. The van der Waals surface area contributed by atoms with Gasteiger partial charge >= 0.3 is 12.1 Å². The quantitative estimate of drug-likeness (QED) is 0.505. The number of halogens is 3. The van der Waals surface area contributed by atoms with Crippen molar-refractivity contribution in [3.8, 4) is 11.5 Å². The third-order valence-corrected chi connectivity index (χ3v) is 4.14. The second kappa shape index (κ2) is 11.0. The molecule has 31 heavy (non-hydrogen) atoms. The van der Waals surface area contributed by atoms with Crippen LogP contribution in [0.1, 0.15) is 31.4 Å². The molecule has 0 bridgehead atoms. The topological polar surface area (TPSA) is 85.2 Å². The van der Waals surface area contributed by atoms with Crippen LogP contribution in [0.15, 0.2) is 48.5 Å². The van der Waals surface area contributed by atoms with Gasteiger partial charge in [0.05, 0.1) is 18.3 Å². The van der Waals surface area contributed by atoms with E-state index in [2.05, 4.69) is 0 Å². The zero-order valence-corrected chi connectivity index (χ0v) is 17.1. The highest BCUT2D eigenvalue weighted by atomic mass is 19.4. The number of hydrogen-bond donors (Lipinski definition) is 2. The fourth-order valence-corrected chi connectivity index (χ4v) is 2.67. The number of aliphatic carboxylic acids is 1. The number of benzene rings is 2. The van der Waals surface area contributed by atoms with Gasteiger partial charge in [0.15, 0.2) is 6.10 Å². The fraction of sp³-hybridized carbons (Fsp3) is 0.409. The van der Waals surface area contributed by atoms with E-state index in [4.69, 9.17) is 14.2 Å². The Hall–Kier alpha value is -2.78. The molecular weight excluding hydrogens is 417 g/mol. The number of carboxylic acids is 1. The molecule has 0 saturated carbocycles. The van der Waals surface area contributed by atoms with Crippen LogP contribution in [0.3, 0.4) is 0 Å². The molecule has 0 saturated heterocycles. The van der Waals surface area contributed by atoms with Gasteiger partial charge in [-0.15, -0.1) is 0 Å². The first-order chi connectivity index (χ1) is 14.5. The van der Waals surface area contributed by atoms with Crippen LogP contribution in [-0.4, -0.2) is 41.3 Å². The molecular formula is C22H25F3O6. The Kier molecular flexibility index (Phi) is 8.70. The maximum absolute atomic E-state index is 12.5. The minimum Gasteiger partial charge on any atom is -0.493 e. The van der Waals surface area contributed by atoms with Crippen molar-refractivity contribution in [1.29, 1.82) is 0 Å². The van der Waals surface area contributed by atoms with E-state index in [1.807, 2.05) is 0 Å². The van der Waals surface area contributed by atoms with E-state index in [0.717, 1.165) is 29.8 Å². The lowest BCUT2D eigenvalue weighted by atomic mass is 10.1. The predicted octanol–water partition coefficient (Wildman–Crippen LogP) is 4.29. The lowest BCUT2D eigenvalue weighted by Crippen LogP contribution is -2.29. The molecule has 2 N–H and O–H groups in total. The summed E-state index contributed by atoms with van der Waals surface area (Å²) in [5.74, 6) is -0.403. The summed E-state index contributed by atoms with van der Waals surface area (Å²) in [6.07, 6.45) is -6.53. The predicted molar refractivity (Wildman–Crippen MR) is 106 cm³/mol. The first-order valence-corrected chi connectivity index (χ1v) is 9.66. The maximum atomic E-state index is 12.5. The molecule has 0 amide bonds. The molecule has 2 aromatic rings. The first kappa shape index (κ1) is 24.5. The number of ether oxygens (including phenoxy) is 3. The summed E-state index contributed by atoms with van der Waals surface area (Å²) in [6.45, 7) is 3.64. The highest BCUT2D eigenvalue weighted by Gasteiger charge is 2.30. The highest BCUT2D eigenvalue weighted by molar-refractivity contribution is 5.72. The van der Waals surface area contributed by atoms with Crippen molar-refractivity contribution in [3.63, 3.8) is 0 Å². The van der Waals surface area contributed by atoms with Crippen LogP contribution in [0.5, 0.6) is 11.5 Å². The number of carbonyl (C=O) groups is 1. The van der Waals surface area contributed by atoms with Gasteiger partial charge in [-0.1, -0.05) is 12.1 Å². The first-order valence-electron chi connectivity index (χ1n) is 9.66. The second-order valence-corrected chi connectivity index (χ2v) is 7.09. The number of aliphatic hydroxyl groups excluding tert-OH is 1. The van der Waals surface area contributed by atoms with Crippen molar-refractivity contribution >= 4 is 5.97 Å². The molecule has 0 radical (unpaired) electrons. The van der Waals surface area contributed by atoms with E-state index < -0.39 is 30.1 Å². The van der Waals surface area contributed by atoms with Crippen molar-refractivity contribution in [3.05, 3.63) is 59.7 Å². The summed E-state index contributed by atoms with van der Waals surface area (Å²) >= 11 is 0. The van der Waals surface area contributed by atoms with Gasteiger partial charge in [-0.2, -0.15) is 13.2 Å². The number of alkyl halides is 3. The van der Waals surface area contributed by atoms with Crippen molar-refractivity contribution in [2.24, 2.45) is 0 Å². The average Bonchev–Trinajstić information content (AvgIpc) is 2.68. The van der Waals surface area contributed by atoms with Gasteiger partial charge in [-0.25, -0.2) is 4.79 Å². The van der Waals surface area contributed by atoms with Crippen LogP contribution in [0.2, 0.25) is 0 Å². The normalized spacial score (nSPS) is 13.6. The van der Waals surface area contributed by atoms with Gasteiger partial charge in [0, 0.05) is 12.8 Å². The van der Waals surface area contributed by atoms with Gasteiger partial charge in [-0.05, 0) is 55.8 Å². The van der Waals surface area contributed by atoms with Crippen LogP contribution in [0.25, 0.3) is 0 Å². The van der Waals surface area contributed by atoms with E-state index in [9.17, 15) is 28.2 Å². The molecule has 2 aromatic carbocycles. The standard InChI is InChI=1S/C22H25F3O6/c1-14(2)30-19(21(27)28)13-15-3-7-17(8-4-15)29-12-11-20(26)31-18-9-5-16(6-10-18)22(23,24)25/h3-10,14,19-20,26H,11-13H2,1-2H3,(H,27,28). The zero-order chi connectivity index (χ0) is 23.0. The Morgan fingerprint density at radius 3 is 2.10 bits per heavy atom. The van der Waals surface area contributed by atoms with E-state index in [1.165, 1.54) is 0 Å². The highest BCUT2D eigenvalue weighted by Crippen LogP contribution is 2.30. The Labute approximate surface area is 178 Å². The molecule has 2 atom stereocenters. The Balaban J connectivity index is 1.78. The fourth-order valence-electron chi connectivity index (χ4n) is 2.67. The summed E-state index contributed by atoms with van der Waals surface area (Å²) in [6, 6.07) is 10.8. The number of hydrogen-bond acceptors (Lipinski definition) is 5. The van der Waals surface area contributed by atoms with Gasteiger partial charge in [0.1, 0.15) is 11.5 Å². The van der Waals surface area contributed by atoms with Gasteiger partial charge in [0.2, 0.25) is 6.29 Å². The molecule has 9 heteroatoms. The SMILES string of the molecule is CC(C)OC(Cc1ccc(OCCC(O)Oc2ccc(C(F)(F)F)cc2)cc1)C(=O)O. The average molecular weight is 442 g/mol. The third kappa shape index (κ3) is 8.47. The Morgan fingerprint density at radius 2 is 1.58 bits per heavy atom. The monoisotopic (exact) mass is 442 g/mol. The lowest BCUT2D eigenvalue weighted by molar-refractivity contribution is -0.153. The van der Waals surface area contributed by atoms with Crippen LogP contribution >= 0.6 is 0 Å². The Morgan fingerprint density at radius 1 is 1.00 bits per heavy atom. The second-order valence-electron chi connectivity index (χ2n) is 7.09. The molecule has 0 aliphatic rings. The number of rotatable bonds is 11. The van der Waals surface area contributed by atoms with E-state index in [0.29, 0.717) is 5.75 Å². The zero-order valence-electron chi connectivity index (χ0n) is 17.1. The molecule has 0 spiro atoms. The molecule has 6 nitrogen and oxygen atoms in total. The lowest BCUT2D eigenvalue weighted by Gasteiger charge is -2.17. The number of carboxylic acid groups (broad SMARTS) is 1. The number of aliphatic hydroxyl groups is 1. The molecule has 0 aromatic heterocycles. The molecule has 2 unspecified atom stereocenters. The maximum Gasteiger partial charge on any atom is 0.416 e. The molecule has 0 aliphatic carbocycles. The molecule has 0 aliphatic heterocycles.